The molecule has 33 heavy (non-hydrogen) atoms. The number of carbonyl (C=O) groups excluding carboxylic acids is 2. The lowest BCUT2D eigenvalue weighted by molar-refractivity contribution is -0.123. The van der Waals surface area contributed by atoms with Crippen LogP contribution in [0.1, 0.15) is 16.7 Å². The lowest BCUT2D eigenvalue weighted by Gasteiger charge is -2.14. The zero-order valence-corrected chi connectivity index (χ0v) is 19.4. The minimum atomic E-state index is -0.190. The van der Waals surface area contributed by atoms with Gasteiger partial charge in [0.15, 0.2) is 6.61 Å². The Balaban J connectivity index is 1.30. The van der Waals surface area contributed by atoms with Crippen LogP contribution in [0.15, 0.2) is 89.8 Å². The van der Waals surface area contributed by atoms with Crippen LogP contribution in [0.3, 0.4) is 0 Å². The van der Waals surface area contributed by atoms with E-state index in [-0.39, 0.29) is 18.4 Å². The third-order valence-electron chi connectivity index (χ3n) is 4.94. The van der Waals surface area contributed by atoms with Crippen LogP contribution in [0.25, 0.3) is 6.08 Å². The number of thiocarbonyl (C=S) groups is 1. The number of amides is 2. The van der Waals surface area contributed by atoms with Crippen LogP contribution in [-0.4, -0.2) is 27.6 Å². The van der Waals surface area contributed by atoms with Gasteiger partial charge in [-0.3, -0.25) is 14.5 Å². The van der Waals surface area contributed by atoms with Gasteiger partial charge >= 0.3 is 0 Å². The Morgan fingerprint density at radius 2 is 1.58 bits per heavy atom. The van der Waals surface area contributed by atoms with E-state index < -0.39 is 0 Å². The Morgan fingerprint density at radius 1 is 0.939 bits per heavy atom. The predicted octanol–water partition coefficient (Wildman–Crippen LogP) is 4.78. The molecule has 166 valence electrons. The third kappa shape index (κ3) is 6.31. The Kier molecular flexibility index (Phi) is 7.55. The van der Waals surface area contributed by atoms with Crippen LogP contribution in [0, 0.1) is 0 Å². The molecule has 0 aliphatic carbocycles. The van der Waals surface area contributed by atoms with Gasteiger partial charge in [0.25, 0.3) is 11.8 Å². The van der Waals surface area contributed by atoms with Crippen molar-refractivity contribution < 1.29 is 14.3 Å². The van der Waals surface area contributed by atoms with Crippen molar-refractivity contribution in [2.45, 2.75) is 13.1 Å². The number of ether oxygens (including phenoxy) is 1. The summed E-state index contributed by atoms with van der Waals surface area (Å²) < 4.78 is 6.12. The summed E-state index contributed by atoms with van der Waals surface area (Å²) in [5, 5.41) is 2.83. The molecule has 3 aromatic carbocycles. The van der Waals surface area contributed by atoms with Gasteiger partial charge in [-0.1, -0.05) is 96.8 Å². The first-order chi connectivity index (χ1) is 16.1. The number of nitrogens with zero attached hydrogens (tertiary/aromatic N) is 1. The van der Waals surface area contributed by atoms with Gasteiger partial charge in [-0.2, -0.15) is 0 Å². The van der Waals surface area contributed by atoms with Crippen molar-refractivity contribution in [1.82, 2.24) is 10.2 Å². The summed E-state index contributed by atoms with van der Waals surface area (Å²) in [4.78, 5) is 27.0. The largest absolute Gasteiger partial charge is 0.484 e. The first-order valence-corrected chi connectivity index (χ1v) is 11.6. The molecular weight excluding hydrogens is 452 g/mol. The van der Waals surface area contributed by atoms with E-state index in [4.69, 9.17) is 17.0 Å². The molecular formula is C26H22N2O3S2. The summed E-state index contributed by atoms with van der Waals surface area (Å²) in [5.41, 5.74) is 2.92. The van der Waals surface area contributed by atoms with Crippen molar-refractivity contribution >= 4 is 46.2 Å². The van der Waals surface area contributed by atoms with Gasteiger partial charge in [0.1, 0.15) is 10.1 Å². The van der Waals surface area contributed by atoms with E-state index in [9.17, 15) is 9.59 Å². The maximum atomic E-state index is 12.8. The summed E-state index contributed by atoms with van der Waals surface area (Å²) in [6.45, 7) is 0.858. The van der Waals surface area contributed by atoms with Crippen LogP contribution >= 0.6 is 24.0 Å². The highest BCUT2D eigenvalue weighted by molar-refractivity contribution is 8.26. The fourth-order valence-electron chi connectivity index (χ4n) is 3.21. The molecule has 0 unspecified atom stereocenters. The number of carbonyl (C=O) groups is 2. The van der Waals surface area contributed by atoms with Gasteiger partial charge in [0.05, 0.1) is 11.4 Å². The Labute approximate surface area is 202 Å². The van der Waals surface area contributed by atoms with Gasteiger partial charge in [-0.25, -0.2) is 0 Å². The first-order valence-electron chi connectivity index (χ1n) is 10.4. The fourth-order valence-corrected chi connectivity index (χ4v) is 4.47. The van der Waals surface area contributed by atoms with Crippen molar-refractivity contribution in [3.63, 3.8) is 0 Å². The van der Waals surface area contributed by atoms with Gasteiger partial charge in [0.2, 0.25) is 0 Å². The number of nitrogens with one attached hydrogen (secondary N) is 1. The van der Waals surface area contributed by atoms with E-state index in [0.29, 0.717) is 28.1 Å². The molecule has 1 fully saturated rings. The smallest absolute Gasteiger partial charge is 0.266 e. The van der Waals surface area contributed by atoms with Crippen LogP contribution < -0.4 is 10.1 Å². The second kappa shape index (κ2) is 10.9. The third-order valence-corrected chi connectivity index (χ3v) is 6.32. The highest BCUT2D eigenvalue weighted by Gasteiger charge is 2.31. The average Bonchev–Trinajstić information content (AvgIpc) is 3.11. The van der Waals surface area contributed by atoms with E-state index in [1.54, 1.807) is 17.0 Å². The zero-order valence-electron chi connectivity index (χ0n) is 17.8. The standard InChI is InChI=1S/C26H22N2O3S2/c29-24(27-16-20-7-3-1-4-8-20)18-31-22-13-11-19(12-14-22)15-23-25(30)28(26(32)33-23)17-21-9-5-2-6-10-21/h1-15H,16-18H2,(H,27,29)/b23-15-. The number of hydrogen-bond acceptors (Lipinski definition) is 5. The average molecular weight is 475 g/mol. The molecule has 7 heteroatoms. The lowest BCUT2D eigenvalue weighted by Crippen LogP contribution is -2.28. The van der Waals surface area contributed by atoms with Crippen LogP contribution in [0.4, 0.5) is 0 Å². The topological polar surface area (TPSA) is 58.6 Å². The van der Waals surface area contributed by atoms with Gasteiger partial charge in [-0.05, 0) is 34.9 Å². The van der Waals surface area contributed by atoms with Crippen LogP contribution in [-0.2, 0) is 22.7 Å². The van der Waals surface area contributed by atoms with Crippen molar-refractivity contribution in [3.8, 4) is 5.75 Å². The number of thioether (sulfide) groups is 1. The van der Waals surface area contributed by atoms with E-state index in [2.05, 4.69) is 5.32 Å². The second-order valence-corrected chi connectivity index (χ2v) is 9.05. The summed E-state index contributed by atoms with van der Waals surface area (Å²) >= 11 is 6.71. The molecule has 0 bridgehead atoms. The molecule has 5 nitrogen and oxygen atoms in total. The van der Waals surface area contributed by atoms with Crippen molar-refractivity contribution in [2.75, 3.05) is 6.61 Å². The highest BCUT2D eigenvalue weighted by atomic mass is 32.2. The molecule has 0 atom stereocenters. The van der Waals surface area contributed by atoms with Crippen LogP contribution in [0.5, 0.6) is 5.75 Å². The second-order valence-electron chi connectivity index (χ2n) is 7.37. The SMILES string of the molecule is O=C(COc1ccc(/C=C2\SC(=S)N(Cc3ccccc3)C2=O)cc1)NCc1ccccc1. The van der Waals surface area contributed by atoms with E-state index in [0.717, 1.165) is 16.7 Å². The fraction of sp³-hybridized carbons (Fsp3) is 0.115. The van der Waals surface area contributed by atoms with Gasteiger partial charge in [0, 0.05) is 6.54 Å². The Hall–Kier alpha value is -3.42. The molecule has 1 aliphatic heterocycles. The molecule has 1 heterocycles. The highest BCUT2D eigenvalue weighted by Crippen LogP contribution is 2.33. The number of benzene rings is 3. The van der Waals surface area contributed by atoms with E-state index in [1.165, 1.54) is 11.8 Å². The van der Waals surface area contributed by atoms with E-state index in [1.807, 2.05) is 78.9 Å². The predicted molar refractivity (Wildman–Crippen MR) is 135 cm³/mol. The number of hydrogen-bond donors (Lipinski definition) is 1. The van der Waals surface area contributed by atoms with Crippen molar-refractivity contribution in [1.29, 1.82) is 0 Å². The molecule has 0 spiro atoms. The lowest BCUT2D eigenvalue weighted by atomic mass is 10.2. The maximum Gasteiger partial charge on any atom is 0.266 e. The molecule has 0 radical (unpaired) electrons. The molecule has 2 amide bonds. The molecule has 1 aliphatic rings. The molecule has 0 saturated carbocycles. The maximum absolute atomic E-state index is 12.8. The van der Waals surface area contributed by atoms with E-state index >= 15 is 0 Å². The molecule has 3 aromatic rings. The molecule has 0 aromatic heterocycles. The number of rotatable bonds is 8. The minimum absolute atomic E-state index is 0.0652. The summed E-state index contributed by atoms with van der Waals surface area (Å²) in [6, 6.07) is 26.7. The Morgan fingerprint density at radius 3 is 2.24 bits per heavy atom. The molecule has 1 saturated heterocycles. The first kappa shape index (κ1) is 22.8. The van der Waals surface area contributed by atoms with Crippen molar-refractivity contribution in [3.05, 3.63) is 107 Å². The van der Waals surface area contributed by atoms with Gasteiger partial charge < -0.3 is 10.1 Å². The molecule has 1 N–H and O–H groups in total. The minimum Gasteiger partial charge on any atom is -0.484 e. The Bertz CT molecular complexity index is 1160. The van der Waals surface area contributed by atoms with Crippen molar-refractivity contribution in [2.24, 2.45) is 0 Å². The zero-order chi connectivity index (χ0) is 23.0. The van der Waals surface area contributed by atoms with Crippen LogP contribution in [0.2, 0.25) is 0 Å². The summed E-state index contributed by atoms with van der Waals surface area (Å²) in [5.74, 6) is 0.299. The van der Waals surface area contributed by atoms with Gasteiger partial charge in [-0.15, -0.1) is 0 Å². The monoisotopic (exact) mass is 474 g/mol. The normalized spacial score (nSPS) is 14.5. The summed E-state index contributed by atoms with van der Waals surface area (Å²) in [7, 11) is 0. The molecule has 4 rings (SSSR count). The summed E-state index contributed by atoms with van der Waals surface area (Å²) in [6.07, 6.45) is 1.82. The quantitative estimate of drug-likeness (QED) is 0.376.